The molecule has 0 bridgehead atoms. The smallest absolute Gasteiger partial charge is 0.271 e. The van der Waals surface area contributed by atoms with E-state index in [2.05, 4.69) is 39.7 Å². The van der Waals surface area contributed by atoms with Gasteiger partial charge in [0.2, 0.25) is 0 Å². The van der Waals surface area contributed by atoms with E-state index in [9.17, 15) is 4.79 Å². The Balaban J connectivity index is 1.68. The molecule has 0 aliphatic carbocycles. The molecule has 1 amide bonds. The van der Waals surface area contributed by atoms with Crippen LogP contribution in [0.25, 0.3) is 0 Å². The maximum absolute atomic E-state index is 12.5. The fourth-order valence-electron chi connectivity index (χ4n) is 3.03. The predicted octanol–water partition coefficient (Wildman–Crippen LogP) is 5.87. The van der Waals surface area contributed by atoms with E-state index >= 15 is 0 Å². The summed E-state index contributed by atoms with van der Waals surface area (Å²) in [5.41, 5.74) is 4.49. The van der Waals surface area contributed by atoms with Crippen LogP contribution in [0.5, 0.6) is 23.0 Å². The molecule has 0 saturated carbocycles. The molecule has 0 radical (unpaired) electrons. The summed E-state index contributed by atoms with van der Waals surface area (Å²) in [5, 5.41) is 4.71. The SMILES string of the molecule is C=CCOc1ccc(C(=O)N/N=C/c2cc(I)c(OCc3ccccc3Cl)c(OC)c2)cc1OC. The number of benzene rings is 3. The number of hydrogen-bond acceptors (Lipinski definition) is 6. The summed E-state index contributed by atoms with van der Waals surface area (Å²) in [4.78, 5) is 12.5. The van der Waals surface area contributed by atoms with Crippen molar-refractivity contribution in [3.63, 3.8) is 0 Å². The van der Waals surface area contributed by atoms with Crippen molar-refractivity contribution in [2.45, 2.75) is 6.61 Å². The summed E-state index contributed by atoms with van der Waals surface area (Å²) in [7, 11) is 3.07. The fourth-order valence-corrected chi connectivity index (χ4v) is 4.00. The van der Waals surface area contributed by atoms with Crippen LogP contribution in [0, 0.1) is 3.57 Å². The van der Waals surface area contributed by atoms with Crippen molar-refractivity contribution < 1.29 is 23.7 Å². The van der Waals surface area contributed by atoms with E-state index in [0.29, 0.717) is 46.8 Å². The monoisotopic (exact) mass is 606 g/mol. The van der Waals surface area contributed by atoms with Gasteiger partial charge in [-0.05, 0) is 64.6 Å². The summed E-state index contributed by atoms with van der Waals surface area (Å²) >= 11 is 8.38. The third-order valence-electron chi connectivity index (χ3n) is 4.74. The lowest BCUT2D eigenvalue weighted by Crippen LogP contribution is -2.17. The zero-order chi connectivity index (χ0) is 25.2. The van der Waals surface area contributed by atoms with E-state index in [-0.39, 0.29) is 0 Å². The van der Waals surface area contributed by atoms with Crippen LogP contribution in [-0.4, -0.2) is 32.9 Å². The molecule has 0 heterocycles. The van der Waals surface area contributed by atoms with Crippen molar-refractivity contribution >= 4 is 46.3 Å². The molecular formula is C26H24ClIN2O5. The van der Waals surface area contributed by atoms with E-state index < -0.39 is 5.91 Å². The Morgan fingerprint density at radius 2 is 1.83 bits per heavy atom. The zero-order valence-corrected chi connectivity index (χ0v) is 22.1. The fraction of sp³-hybridized carbons (Fsp3) is 0.154. The molecule has 0 aliphatic heterocycles. The maximum Gasteiger partial charge on any atom is 0.271 e. The number of carbonyl (C=O) groups is 1. The first-order chi connectivity index (χ1) is 17.0. The zero-order valence-electron chi connectivity index (χ0n) is 19.2. The second kappa shape index (κ2) is 13.0. The number of nitrogens with zero attached hydrogens (tertiary/aromatic N) is 1. The summed E-state index contributed by atoms with van der Waals surface area (Å²) in [5.74, 6) is 1.70. The standard InChI is InChI=1S/C26H24ClIN2O5/c1-4-11-34-22-10-9-18(14-23(22)32-2)26(31)30-29-15-17-12-21(28)25(24(13-17)33-3)35-16-19-7-5-6-8-20(19)27/h4-10,12-15H,1,11,16H2,2-3H3,(H,30,31)/b29-15+. The Bertz CT molecular complexity index is 1230. The highest BCUT2D eigenvalue weighted by Crippen LogP contribution is 2.34. The van der Waals surface area contributed by atoms with Crippen LogP contribution in [0.4, 0.5) is 0 Å². The van der Waals surface area contributed by atoms with E-state index in [1.54, 1.807) is 37.5 Å². The minimum absolute atomic E-state index is 0.302. The molecule has 0 aromatic heterocycles. The highest BCUT2D eigenvalue weighted by atomic mass is 127. The van der Waals surface area contributed by atoms with Crippen molar-refractivity contribution in [1.82, 2.24) is 5.43 Å². The Hall–Kier alpha value is -3.24. The molecule has 3 rings (SSSR count). The average Bonchev–Trinajstić information content (AvgIpc) is 2.87. The second-order valence-electron chi connectivity index (χ2n) is 7.08. The van der Waals surface area contributed by atoms with Crippen molar-refractivity contribution in [3.05, 3.63) is 92.5 Å². The Morgan fingerprint density at radius 1 is 1.06 bits per heavy atom. The number of hydrazone groups is 1. The lowest BCUT2D eigenvalue weighted by atomic mass is 10.2. The maximum atomic E-state index is 12.5. The van der Waals surface area contributed by atoms with Gasteiger partial charge in [0.15, 0.2) is 23.0 Å². The van der Waals surface area contributed by atoms with Crippen molar-refractivity contribution in [1.29, 1.82) is 0 Å². The van der Waals surface area contributed by atoms with Gasteiger partial charge in [0, 0.05) is 16.1 Å². The van der Waals surface area contributed by atoms with Crippen molar-refractivity contribution in [2.24, 2.45) is 5.10 Å². The summed E-state index contributed by atoms with van der Waals surface area (Å²) < 4.78 is 23.1. The highest BCUT2D eigenvalue weighted by molar-refractivity contribution is 14.1. The predicted molar refractivity (Wildman–Crippen MR) is 145 cm³/mol. The number of rotatable bonds is 11. The van der Waals surface area contributed by atoms with Gasteiger partial charge in [-0.1, -0.05) is 42.5 Å². The van der Waals surface area contributed by atoms with Gasteiger partial charge in [0.05, 0.1) is 24.0 Å². The molecular weight excluding hydrogens is 583 g/mol. The number of carbonyl (C=O) groups excluding carboxylic acids is 1. The molecule has 9 heteroatoms. The van der Waals surface area contributed by atoms with Gasteiger partial charge in [0.1, 0.15) is 13.2 Å². The number of halogens is 2. The molecule has 0 fully saturated rings. The van der Waals surface area contributed by atoms with Crippen LogP contribution < -0.4 is 24.4 Å². The van der Waals surface area contributed by atoms with Crippen LogP contribution in [0.1, 0.15) is 21.5 Å². The second-order valence-corrected chi connectivity index (χ2v) is 8.65. The van der Waals surface area contributed by atoms with Gasteiger partial charge in [-0.15, -0.1) is 0 Å². The van der Waals surface area contributed by atoms with Gasteiger partial charge in [-0.25, -0.2) is 5.43 Å². The minimum Gasteiger partial charge on any atom is -0.493 e. The molecule has 1 N–H and O–H groups in total. The molecule has 35 heavy (non-hydrogen) atoms. The topological polar surface area (TPSA) is 78.4 Å². The molecule has 0 atom stereocenters. The number of ether oxygens (including phenoxy) is 4. The molecule has 0 saturated heterocycles. The van der Waals surface area contributed by atoms with Gasteiger partial charge in [-0.3, -0.25) is 4.79 Å². The summed E-state index contributed by atoms with van der Waals surface area (Å²) in [6, 6.07) is 16.0. The summed E-state index contributed by atoms with van der Waals surface area (Å²) in [6.45, 7) is 4.25. The van der Waals surface area contributed by atoms with E-state index in [4.69, 9.17) is 30.5 Å². The van der Waals surface area contributed by atoms with E-state index in [0.717, 1.165) is 14.7 Å². The molecule has 3 aromatic carbocycles. The highest BCUT2D eigenvalue weighted by Gasteiger charge is 2.13. The van der Waals surface area contributed by atoms with Crippen molar-refractivity contribution in [2.75, 3.05) is 20.8 Å². The quantitative estimate of drug-likeness (QED) is 0.128. The molecule has 0 spiro atoms. The van der Waals surface area contributed by atoms with Crippen LogP contribution in [0.2, 0.25) is 5.02 Å². The van der Waals surface area contributed by atoms with Gasteiger partial charge in [0.25, 0.3) is 5.91 Å². The molecule has 3 aromatic rings. The first-order valence-electron chi connectivity index (χ1n) is 10.5. The summed E-state index contributed by atoms with van der Waals surface area (Å²) in [6.07, 6.45) is 3.15. The normalized spacial score (nSPS) is 10.6. The Labute approximate surface area is 222 Å². The van der Waals surface area contributed by atoms with Crippen LogP contribution in [-0.2, 0) is 6.61 Å². The van der Waals surface area contributed by atoms with Gasteiger partial charge < -0.3 is 18.9 Å². The first-order valence-corrected chi connectivity index (χ1v) is 11.9. The minimum atomic E-state index is -0.392. The Morgan fingerprint density at radius 3 is 2.54 bits per heavy atom. The lowest BCUT2D eigenvalue weighted by molar-refractivity contribution is 0.0954. The average molecular weight is 607 g/mol. The Kier molecular flexibility index (Phi) is 9.80. The number of amides is 1. The third-order valence-corrected chi connectivity index (χ3v) is 5.91. The first kappa shape index (κ1) is 26.4. The largest absolute Gasteiger partial charge is 0.493 e. The molecule has 0 unspecified atom stereocenters. The number of methoxy groups -OCH3 is 2. The molecule has 0 aliphatic rings. The van der Waals surface area contributed by atoms with Crippen LogP contribution in [0.15, 0.2) is 72.4 Å². The molecule has 182 valence electrons. The van der Waals surface area contributed by atoms with Crippen LogP contribution in [0.3, 0.4) is 0 Å². The van der Waals surface area contributed by atoms with E-state index in [1.165, 1.54) is 13.3 Å². The third kappa shape index (κ3) is 7.12. The van der Waals surface area contributed by atoms with Gasteiger partial charge >= 0.3 is 0 Å². The number of nitrogens with one attached hydrogen (secondary N) is 1. The van der Waals surface area contributed by atoms with Crippen LogP contribution >= 0.6 is 34.2 Å². The van der Waals surface area contributed by atoms with E-state index in [1.807, 2.05) is 30.3 Å². The number of hydrogen-bond donors (Lipinski definition) is 1. The van der Waals surface area contributed by atoms with Gasteiger partial charge in [-0.2, -0.15) is 5.10 Å². The lowest BCUT2D eigenvalue weighted by Gasteiger charge is -2.14. The molecule has 7 nitrogen and oxygen atoms in total. The van der Waals surface area contributed by atoms with Crippen molar-refractivity contribution in [3.8, 4) is 23.0 Å².